The second-order valence-electron chi connectivity index (χ2n) is 4.95. The van der Waals surface area contributed by atoms with Crippen molar-refractivity contribution in [3.8, 4) is 11.5 Å². The minimum atomic E-state index is 0.249. The van der Waals surface area contributed by atoms with E-state index in [1.54, 1.807) is 0 Å². The van der Waals surface area contributed by atoms with Crippen molar-refractivity contribution >= 4 is 0 Å². The molecule has 3 heteroatoms. The van der Waals surface area contributed by atoms with Gasteiger partial charge in [-0.15, -0.1) is 0 Å². The summed E-state index contributed by atoms with van der Waals surface area (Å²) < 4.78 is 10.8. The summed E-state index contributed by atoms with van der Waals surface area (Å²) in [6, 6.07) is 15.1. The molecule has 2 aliphatic rings. The van der Waals surface area contributed by atoms with Crippen molar-refractivity contribution in [2.24, 2.45) is 0 Å². The Balaban J connectivity index is 1.77. The summed E-state index contributed by atoms with van der Waals surface area (Å²) in [5, 5.41) is 3.59. The molecule has 0 spiro atoms. The Kier molecular flexibility index (Phi) is 2.45. The monoisotopic (exact) mass is 253 g/mol. The fourth-order valence-corrected chi connectivity index (χ4v) is 2.89. The van der Waals surface area contributed by atoms with Crippen molar-refractivity contribution in [3.05, 3.63) is 59.2 Å². The fraction of sp³-hybridized carbons (Fsp3) is 0.250. The Morgan fingerprint density at radius 3 is 2.89 bits per heavy atom. The third-order valence-corrected chi connectivity index (χ3v) is 3.84. The van der Waals surface area contributed by atoms with Crippen LogP contribution in [0.2, 0.25) is 0 Å². The number of hydrogen-bond donors (Lipinski definition) is 1. The Labute approximate surface area is 112 Å². The van der Waals surface area contributed by atoms with Gasteiger partial charge in [0.05, 0.1) is 6.04 Å². The zero-order chi connectivity index (χ0) is 12.7. The standard InChI is InChI=1S/C16H15NO2/c1-2-4-13-11(3-1)7-8-17-16(13)12-5-6-14-15(9-12)19-10-18-14/h1-6,9,16-17H,7-8,10H2/t16-/m0/s1. The first kappa shape index (κ1) is 10.9. The number of benzene rings is 2. The van der Waals surface area contributed by atoms with Gasteiger partial charge in [-0.1, -0.05) is 30.3 Å². The lowest BCUT2D eigenvalue weighted by Crippen LogP contribution is -2.30. The quantitative estimate of drug-likeness (QED) is 0.847. The van der Waals surface area contributed by atoms with E-state index in [2.05, 4.69) is 41.7 Å². The second kappa shape index (κ2) is 4.28. The van der Waals surface area contributed by atoms with Crippen molar-refractivity contribution in [2.75, 3.05) is 13.3 Å². The van der Waals surface area contributed by atoms with Gasteiger partial charge in [-0.3, -0.25) is 0 Å². The topological polar surface area (TPSA) is 30.5 Å². The number of ether oxygens (including phenoxy) is 2. The predicted molar refractivity (Wildman–Crippen MR) is 72.6 cm³/mol. The lowest BCUT2D eigenvalue weighted by molar-refractivity contribution is 0.174. The van der Waals surface area contributed by atoms with E-state index in [9.17, 15) is 0 Å². The third kappa shape index (κ3) is 1.78. The predicted octanol–water partition coefficient (Wildman–Crippen LogP) is 2.65. The maximum Gasteiger partial charge on any atom is 0.231 e. The molecule has 0 unspecified atom stereocenters. The molecule has 0 amide bonds. The van der Waals surface area contributed by atoms with Crippen LogP contribution in [0.5, 0.6) is 11.5 Å². The van der Waals surface area contributed by atoms with E-state index in [4.69, 9.17) is 9.47 Å². The van der Waals surface area contributed by atoms with Crippen molar-refractivity contribution < 1.29 is 9.47 Å². The highest BCUT2D eigenvalue weighted by Gasteiger charge is 2.23. The van der Waals surface area contributed by atoms with E-state index in [-0.39, 0.29) is 6.04 Å². The van der Waals surface area contributed by atoms with Crippen LogP contribution in [0.15, 0.2) is 42.5 Å². The smallest absolute Gasteiger partial charge is 0.231 e. The Bertz CT molecular complexity index is 624. The summed E-state index contributed by atoms with van der Waals surface area (Å²) in [5.74, 6) is 1.69. The average Bonchev–Trinajstić information content (AvgIpc) is 2.94. The lowest BCUT2D eigenvalue weighted by atomic mass is 9.90. The van der Waals surface area contributed by atoms with Crippen LogP contribution in [-0.2, 0) is 6.42 Å². The van der Waals surface area contributed by atoms with Crippen LogP contribution >= 0.6 is 0 Å². The van der Waals surface area contributed by atoms with Gasteiger partial charge in [-0.05, 0) is 35.2 Å². The summed E-state index contributed by atoms with van der Waals surface area (Å²) in [7, 11) is 0. The molecule has 1 N–H and O–H groups in total. The maximum absolute atomic E-state index is 5.47. The third-order valence-electron chi connectivity index (χ3n) is 3.84. The summed E-state index contributed by atoms with van der Waals surface area (Å²) >= 11 is 0. The van der Waals surface area contributed by atoms with Gasteiger partial charge in [0, 0.05) is 6.54 Å². The molecule has 96 valence electrons. The molecular weight excluding hydrogens is 238 g/mol. The van der Waals surface area contributed by atoms with Crippen LogP contribution < -0.4 is 14.8 Å². The zero-order valence-corrected chi connectivity index (χ0v) is 10.6. The molecule has 0 aliphatic carbocycles. The Hall–Kier alpha value is -2.00. The Morgan fingerprint density at radius 2 is 1.89 bits per heavy atom. The molecule has 4 rings (SSSR count). The SMILES string of the molecule is c1ccc2c(c1)CCN[C@H]2c1ccc2c(c1)OCO2. The van der Waals surface area contributed by atoms with Crippen LogP contribution in [0.25, 0.3) is 0 Å². The van der Waals surface area contributed by atoms with Crippen molar-refractivity contribution in [3.63, 3.8) is 0 Å². The van der Waals surface area contributed by atoms with Gasteiger partial charge in [0.1, 0.15) is 0 Å². The molecule has 2 heterocycles. The maximum atomic E-state index is 5.47. The molecule has 1 atom stereocenters. The summed E-state index contributed by atoms with van der Waals surface area (Å²) in [6.07, 6.45) is 1.09. The number of fused-ring (bicyclic) bond motifs is 2. The summed E-state index contributed by atoms with van der Waals surface area (Å²) in [6.45, 7) is 1.34. The zero-order valence-electron chi connectivity index (χ0n) is 10.6. The van der Waals surface area contributed by atoms with Crippen LogP contribution in [0.1, 0.15) is 22.7 Å². The van der Waals surface area contributed by atoms with Crippen LogP contribution in [0.4, 0.5) is 0 Å². The fourth-order valence-electron chi connectivity index (χ4n) is 2.89. The molecule has 2 aliphatic heterocycles. The van der Waals surface area contributed by atoms with Crippen molar-refractivity contribution in [1.82, 2.24) is 5.32 Å². The first-order chi connectivity index (χ1) is 9.42. The Morgan fingerprint density at radius 1 is 1.00 bits per heavy atom. The second-order valence-corrected chi connectivity index (χ2v) is 4.95. The van der Waals surface area contributed by atoms with E-state index in [1.807, 2.05) is 6.07 Å². The van der Waals surface area contributed by atoms with E-state index < -0.39 is 0 Å². The van der Waals surface area contributed by atoms with Crippen molar-refractivity contribution in [1.29, 1.82) is 0 Å². The molecule has 19 heavy (non-hydrogen) atoms. The van der Waals surface area contributed by atoms with E-state index in [0.717, 1.165) is 24.5 Å². The van der Waals surface area contributed by atoms with Crippen LogP contribution in [-0.4, -0.2) is 13.3 Å². The summed E-state index contributed by atoms with van der Waals surface area (Å²) in [5.41, 5.74) is 4.04. The van der Waals surface area contributed by atoms with E-state index >= 15 is 0 Å². The molecule has 2 aromatic rings. The highest BCUT2D eigenvalue weighted by Crippen LogP contribution is 2.37. The molecule has 0 aromatic heterocycles. The molecule has 0 fully saturated rings. The van der Waals surface area contributed by atoms with Gasteiger partial charge in [0.2, 0.25) is 6.79 Å². The summed E-state index contributed by atoms with van der Waals surface area (Å²) in [4.78, 5) is 0. The van der Waals surface area contributed by atoms with Crippen molar-refractivity contribution in [2.45, 2.75) is 12.5 Å². The molecule has 0 saturated heterocycles. The number of nitrogens with one attached hydrogen (secondary N) is 1. The molecular formula is C16H15NO2. The van der Waals surface area contributed by atoms with Gasteiger partial charge in [0.25, 0.3) is 0 Å². The van der Waals surface area contributed by atoms with Crippen LogP contribution in [0, 0.1) is 0 Å². The van der Waals surface area contributed by atoms with E-state index in [1.165, 1.54) is 16.7 Å². The van der Waals surface area contributed by atoms with Crippen LogP contribution in [0.3, 0.4) is 0 Å². The first-order valence-electron chi connectivity index (χ1n) is 6.62. The average molecular weight is 253 g/mol. The highest BCUT2D eigenvalue weighted by atomic mass is 16.7. The minimum Gasteiger partial charge on any atom is -0.454 e. The molecule has 3 nitrogen and oxygen atoms in total. The molecule has 2 aromatic carbocycles. The van der Waals surface area contributed by atoms with Gasteiger partial charge in [-0.25, -0.2) is 0 Å². The molecule has 0 saturated carbocycles. The largest absolute Gasteiger partial charge is 0.454 e. The minimum absolute atomic E-state index is 0.249. The van der Waals surface area contributed by atoms with E-state index in [0.29, 0.717) is 6.79 Å². The van der Waals surface area contributed by atoms with Gasteiger partial charge >= 0.3 is 0 Å². The lowest BCUT2D eigenvalue weighted by Gasteiger charge is -2.27. The van der Waals surface area contributed by atoms with Gasteiger partial charge in [-0.2, -0.15) is 0 Å². The first-order valence-corrected chi connectivity index (χ1v) is 6.62. The van der Waals surface area contributed by atoms with Gasteiger partial charge < -0.3 is 14.8 Å². The number of hydrogen-bond acceptors (Lipinski definition) is 3. The van der Waals surface area contributed by atoms with Gasteiger partial charge in [0.15, 0.2) is 11.5 Å². The molecule has 0 bridgehead atoms. The highest BCUT2D eigenvalue weighted by molar-refractivity contribution is 5.48. The number of rotatable bonds is 1. The molecule has 0 radical (unpaired) electrons. The normalized spacial score (nSPS) is 20.1.